The van der Waals surface area contributed by atoms with Crippen molar-refractivity contribution in [3.8, 4) is 0 Å². The monoisotopic (exact) mass is 308 g/mol. The van der Waals surface area contributed by atoms with Gasteiger partial charge in [-0.3, -0.25) is 9.48 Å². The summed E-state index contributed by atoms with van der Waals surface area (Å²) in [7, 11) is 1.86. The molecular formula is C16H28N4O2. The molecule has 22 heavy (non-hydrogen) atoms. The van der Waals surface area contributed by atoms with E-state index in [0.29, 0.717) is 25.9 Å². The van der Waals surface area contributed by atoms with Crippen LogP contribution in [0.3, 0.4) is 0 Å². The second-order valence-electron chi connectivity index (χ2n) is 6.46. The van der Waals surface area contributed by atoms with E-state index in [1.165, 1.54) is 12.8 Å². The lowest BCUT2D eigenvalue weighted by Gasteiger charge is -2.31. The fourth-order valence-corrected chi connectivity index (χ4v) is 2.79. The third-order valence-electron chi connectivity index (χ3n) is 4.28. The summed E-state index contributed by atoms with van der Waals surface area (Å²) in [5.41, 5.74) is 1.06. The van der Waals surface area contributed by atoms with Crippen molar-refractivity contribution in [2.45, 2.75) is 38.7 Å². The number of aryl methyl sites for hydroxylation is 2. The quantitative estimate of drug-likeness (QED) is 0.772. The molecule has 1 atom stereocenters. The Bertz CT molecular complexity index is 466. The van der Waals surface area contributed by atoms with Crippen LogP contribution in [0.2, 0.25) is 0 Å². The number of carbonyl (C=O) groups excluding carboxylic acids is 1. The van der Waals surface area contributed by atoms with E-state index in [1.807, 2.05) is 13.2 Å². The van der Waals surface area contributed by atoms with Crippen LogP contribution in [0.4, 0.5) is 0 Å². The Morgan fingerprint density at radius 2 is 2.23 bits per heavy atom. The molecule has 0 radical (unpaired) electrons. The third kappa shape index (κ3) is 5.77. The second-order valence-corrected chi connectivity index (χ2v) is 6.46. The summed E-state index contributed by atoms with van der Waals surface area (Å²) >= 11 is 0. The first-order valence-corrected chi connectivity index (χ1v) is 8.17. The number of aliphatic hydroxyl groups is 1. The van der Waals surface area contributed by atoms with Gasteiger partial charge in [-0.25, -0.2) is 0 Å². The van der Waals surface area contributed by atoms with Gasteiger partial charge in [0.15, 0.2) is 0 Å². The lowest BCUT2D eigenvalue weighted by atomic mass is 9.99. The Morgan fingerprint density at radius 1 is 1.50 bits per heavy atom. The highest BCUT2D eigenvalue weighted by Gasteiger charge is 2.18. The van der Waals surface area contributed by atoms with Crippen LogP contribution < -0.4 is 5.32 Å². The zero-order valence-electron chi connectivity index (χ0n) is 13.7. The number of piperidine rings is 1. The Labute approximate surface area is 132 Å². The van der Waals surface area contributed by atoms with Gasteiger partial charge in [-0.1, -0.05) is 6.92 Å². The van der Waals surface area contributed by atoms with E-state index in [2.05, 4.69) is 22.2 Å². The van der Waals surface area contributed by atoms with Crippen molar-refractivity contribution in [3.63, 3.8) is 0 Å². The fourth-order valence-electron chi connectivity index (χ4n) is 2.79. The van der Waals surface area contributed by atoms with Crippen molar-refractivity contribution < 1.29 is 9.90 Å². The topological polar surface area (TPSA) is 70.4 Å². The summed E-state index contributed by atoms with van der Waals surface area (Å²) in [4.78, 5) is 14.1. The first kappa shape index (κ1) is 17.0. The highest BCUT2D eigenvalue weighted by molar-refractivity contribution is 5.76. The largest absolute Gasteiger partial charge is 0.390 e. The molecule has 1 aromatic rings. The van der Waals surface area contributed by atoms with E-state index >= 15 is 0 Å². The molecule has 124 valence electrons. The SMILES string of the molecule is CC1CCN(CC(O)CNC(=O)CCc2cnn(C)c2)CC1. The van der Waals surface area contributed by atoms with E-state index in [1.54, 1.807) is 10.9 Å². The number of likely N-dealkylation sites (tertiary alicyclic amines) is 1. The van der Waals surface area contributed by atoms with Crippen molar-refractivity contribution >= 4 is 5.91 Å². The second kappa shape index (κ2) is 8.29. The Balaban J connectivity index is 1.59. The molecule has 0 bridgehead atoms. The number of nitrogens with zero attached hydrogens (tertiary/aromatic N) is 3. The molecule has 0 saturated carbocycles. The lowest BCUT2D eigenvalue weighted by molar-refractivity contribution is -0.121. The van der Waals surface area contributed by atoms with Crippen molar-refractivity contribution in [1.82, 2.24) is 20.0 Å². The first-order valence-electron chi connectivity index (χ1n) is 8.17. The summed E-state index contributed by atoms with van der Waals surface area (Å²) in [6.45, 7) is 5.35. The molecule has 1 aliphatic rings. The van der Waals surface area contributed by atoms with Crippen LogP contribution in [-0.2, 0) is 18.3 Å². The predicted octanol–water partition coefficient (Wildman–Crippen LogP) is 0.562. The van der Waals surface area contributed by atoms with Crippen molar-refractivity contribution in [3.05, 3.63) is 18.0 Å². The number of amides is 1. The summed E-state index contributed by atoms with van der Waals surface area (Å²) in [6.07, 6.45) is 6.71. The van der Waals surface area contributed by atoms with Crippen molar-refractivity contribution in [2.24, 2.45) is 13.0 Å². The minimum absolute atomic E-state index is 0.0184. The van der Waals surface area contributed by atoms with E-state index in [9.17, 15) is 9.90 Å². The van der Waals surface area contributed by atoms with E-state index in [-0.39, 0.29) is 5.91 Å². The van der Waals surface area contributed by atoms with Crippen LogP contribution in [-0.4, -0.2) is 58.0 Å². The van der Waals surface area contributed by atoms with Crippen LogP contribution in [0.1, 0.15) is 31.7 Å². The molecule has 0 spiro atoms. The molecular weight excluding hydrogens is 280 g/mol. The average Bonchev–Trinajstić information content (AvgIpc) is 2.91. The normalized spacial score (nSPS) is 18.3. The summed E-state index contributed by atoms with van der Waals surface area (Å²) < 4.78 is 1.73. The summed E-state index contributed by atoms with van der Waals surface area (Å²) in [6, 6.07) is 0. The number of hydrogen-bond donors (Lipinski definition) is 2. The number of aliphatic hydroxyl groups excluding tert-OH is 1. The van der Waals surface area contributed by atoms with Gasteiger partial charge in [-0.05, 0) is 43.8 Å². The van der Waals surface area contributed by atoms with Crippen LogP contribution in [0.15, 0.2) is 12.4 Å². The van der Waals surface area contributed by atoms with Crippen LogP contribution in [0, 0.1) is 5.92 Å². The highest BCUT2D eigenvalue weighted by Crippen LogP contribution is 2.15. The van der Waals surface area contributed by atoms with Gasteiger partial charge in [0, 0.05) is 32.8 Å². The smallest absolute Gasteiger partial charge is 0.220 e. The Hall–Kier alpha value is -1.40. The molecule has 0 aliphatic carbocycles. The number of aromatic nitrogens is 2. The van der Waals surface area contributed by atoms with Gasteiger partial charge in [-0.15, -0.1) is 0 Å². The number of rotatable bonds is 7. The highest BCUT2D eigenvalue weighted by atomic mass is 16.3. The number of hydrogen-bond acceptors (Lipinski definition) is 4. The minimum atomic E-state index is -0.490. The van der Waals surface area contributed by atoms with Crippen LogP contribution in [0.25, 0.3) is 0 Å². The molecule has 1 amide bonds. The molecule has 2 rings (SSSR count). The molecule has 0 aromatic carbocycles. The van der Waals surface area contributed by atoms with Crippen molar-refractivity contribution in [2.75, 3.05) is 26.2 Å². The zero-order chi connectivity index (χ0) is 15.9. The number of β-amino-alcohol motifs (C(OH)–C–C–N with tert-alkyl or cyclic N) is 1. The maximum atomic E-state index is 11.8. The minimum Gasteiger partial charge on any atom is -0.390 e. The Kier molecular flexibility index (Phi) is 6.39. The van der Waals surface area contributed by atoms with Crippen molar-refractivity contribution in [1.29, 1.82) is 0 Å². The summed E-state index contributed by atoms with van der Waals surface area (Å²) in [5, 5.41) is 16.9. The molecule has 1 aromatic heterocycles. The molecule has 1 fully saturated rings. The molecule has 1 saturated heterocycles. The molecule has 6 heteroatoms. The van der Waals surface area contributed by atoms with E-state index in [0.717, 1.165) is 24.6 Å². The van der Waals surface area contributed by atoms with Crippen LogP contribution >= 0.6 is 0 Å². The van der Waals surface area contributed by atoms with E-state index in [4.69, 9.17) is 0 Å². The van der Waals surface area contributed by atoms with Gasteiger partial charge >= 0.3 is 0 Å². The van der Waals surface area contributed by atoms with E-state index < -0.39 is 6.10 Å². The standard InChI is InChI=1S/C16H28N4O2/c1-13-5-7-20(8-6-13)12-15(21)10-17-16(22)4-3-14-9-18-19(2)11-14/h9,11,13,15,21H,3-8,10,12H2,1-2H3,(H,17,22). The maximum Gasteiger partial charge on any atom is 0.220 e. The van der Waals surface area contributed by atoms with Gasteiger partial charge in [0.05, 0.1) is 12.3 Å². The fraction of sp³-hybridized carbons (Fsp3) is 0.750. The molecule has 2 N–H and O–H groups in total. The summed E-state index contributed by atoms with van der Waals surface area (Å²) in [5.74, 6) is 0.774. The maximum absolute atomic E-state index is 11.8. The Morgan fingerprint density at radius 3 is 2.86 bits per heavy atom. The van der Waals surface area contributed by atoms with Gasteiger partial charge in [0.1, 0.15) is 0 Å². The molecule has 6 nitrogen and oxygen atoms in total. The lowest BCUT2D eigenvalue weighted by Crippen LogP contribution is -2.43. The van der Waals surface area contributed by atoms with Gasteiger partial charge in [0.2, 0.25) is 5.91 Å². The third-order valence-corrected chi connectivity index (χ3v) is 4.28. The van der Waals surface area contributed by atoms with Gasteiger partial charge < -0.3 is 15.3 Å². The molecule has 1 unspecified atom stereocenters. The zero-order valence-corrected chi connectivity index (χ0v) is 13.7. The van der Waals surface area contributed by atoms with Gasteiger partial charge in [0.25, 0.3) is 0 Å². The molecule has 1 aliphatic heterocycles. The predicted molar refractivity (Wildman–Crippen MR) is 85.4 cm³/mol. The van der Waals surface area contributed by atoms with Gasteiger partial charge in [-0.2, -0.15) is 5.10 Å². The average molecular weight is 308 g/mol. The van der Waals surface area contributed by atoms with Crippen LogP contribution in [0.5, 0.6) is 0 Å². The molecule has 2 heterocycles. The number of nitrogens with one attached hydrogen (secondary N) is 1. The first-order chi connectivity index (χ1) is 10.5. The number of carbonyl (C=O) groups is 1.